The predicted molar refractivity (Wildman–Crippen MR) is 101 cm³/mol. The van der Waals surface area contributed by atoms with Crippen molar-refractivity contribution in [1.82, 2.24) is 9.88 Å². The molecular weight excluding hydrogens is 360 g/mol. The molecule has 25 heavy (non-hydrogen) atoms. The summed E-state index contributed by atoms with van der Waals surface area (Å²) in [6.07, 6.45) is 6.18. The number of amides is 1. The summed E-state index contributed by atoms with van der Waals surface area (Å²) in [6.45, 7) is 1.95. The molecule has 0 spiro atoms. The van der Waals surface area contributed by atoms with Gasteiger partial charge in [0, 0.05) is 6.04 Å². The lowest BCUT2D eigenvalue weighted by molar-refractivity contribution is -0.125. The molecule has 0 radical (unpaired) electrons. The topological polar surface area (TPSA) is 60.3 Å². The van der Waals surface area contributed by atoms with Gasteiger partial charge < -0.3 is 14.6 Å². The molecule has 0 saturated heterocycles. The Morgan fingerprint density at radius 1 is 1.36 bits per heavy atom. The fourth-order valence-corrected chi connectivity index (χ4v) is 4.77. The highest BCUT2D eigenvalue weighted by Crippen LogP contribution is 2.35. The second kappa shape index (κ2) is 7.79. The summed E-state index contributed by atoms with van der Waals surface area (Å²) in [5.74, 6) is -0.484. The summed E-state index contributed by atoms with van der Waals surface area (Å²) < 4.78 is 8.21. The number of nitrogens with one attached hydrogen (secondary N) is 1. The van der Waals surface area contributed by atoms with Crippen LogP contribution in [0.4, 0.5) is 0 Å². The minimum atomic E-state index is -0.459. The normalized spacial score (nSPS) is 16.8. The number of hydrogen-bond acceptors (Lipinski definition) is 4. The van der Waals surface area contributed by atoms with Crippen molar-refractivity contribution in [3.63, 3.8) is 0 Å². The van der Waals surface area contributed by atoms with E-state index >= 15 is 0 Å². The Kier molecular flexibility index (Phi) is 5.69. The number of aromatic nitrogens is 1. The van der Waals surface area contributed by atoms with E-state index < -0.39 is 12.0 Å². The third-order valence-electron chi connectivity index (χ3n) is 4.84. The fraction of sp³-hybridized carbons (Fsp3) is 0.556. The van der Waals surface area contributed by atoms with Crippen LogP contribution in [0, 0.1) is 0 Å². The van der Waals surface area contributed by atoms with Crippen molar-refractivity contribution >= 4 is 45.0 Å². The van der Waals surface area contributed by atoms with E-state index in [-0.39, 0.29) is 11.9 Å². The first kappa shape index (κ1) is 18.3. The Bertz CT molecular complexity index is 777. The van der Waals surface area contributed by atoms with E-state index in [0.29, 0.717) is 16.5 Å². The number of nitrogens with zero attached hydrogens (tertiary/aromatic N) is 1. The second-order valence-electron chi connectivity index (χ2n) is 6.46. The van der Waals surface area contributed by atoms with Crippen LogP contribution in [0.25, 0.3) is 10.2 Å². The van der Waals surface area contributed by atoms with Crippen molar-refractivity contribution in [2.24, 2.45) is 0 Å². The van der Waals surface area contributed by atoms with E-state index in [1.807, 2.05) is 13.0 Å². The molecule has 2 heterocycles. The van der Waals surface area contributed by atoms with E-state index in [1.165, 1.54) is 24.9 Å². The summed E-state index contributed by atoms with van der Waals surface area (Å²) in [5, 5.41) is 3.17. The third kappa shape index (κ3) is 3.70. The smallest absolute Gasteiger partial charge is 0.354 e. The Labute approximate surface area is 156 Å². The number of esters is 1. The molecule has 0 aliphatic heterocycles. The zero-order chi connectivity index (χ0) is 18.0. The van der Waals surface area contributed by atoms with E-state index in [9.17, 15) is 9.59 Å². The van der Waals surface area contributed by atoms with E-state index in [2.05, 4.69) is 5.32 Å². The number of halogens is 1. The maximum Gasteiger partial charge on any atom is 0.354 e. The van der Waals surface area contributed by atoms with Gasteiger partial charge in [-0.25, -0.2) is 4.79 Å². The van der Waals surface area contributed by atoms with Crippen LogP contribution >= 0.6 is 22.9 Å². The lowest BCUT2D eigenvalue weighted by atomic mass is 9.95. The first-order chi connectivity index (χ1) is 12.0. The molecule has 1 N–H and O–H groups in total. The van der Waals surface area contributed by atoms with Crippen LogP contribution in [0.3, 0.4) is 0 Å². The van der Waals surface area contributed by atoms with Crippen LogP contribution in [0.15, 0.2) is 12.1 Å². The van der Waals surface area contributed by atoms with Crippen LogP contribution in [-0.4, -0.2) is 29.6 Å². The molecule has 2 aromatic heterocycles. The van der Waals surface area contributed by atoms with Crippen molar-refractivity contribution in [1.29, 1.82) is 0 Å². The van der Waals surface area contributed by atoms with Crippen LogP contribution < -0.4 is 5.32 Å². The molecule has 7 heteroatoms. The molecule has 1 amide bonds. The standard InChI is InChI=1S/C18H23ClN2O3S/c1-3-12(17(22)20-11-7-5-4-6-8-11)21-13-10-16(19)25-15(13)9-14(21)18(23)24-2/h9-12H,3-8H2,1-2H3,(H,20,22)/t12-/m1/s1. The van der Waals surface area contributed by atoms with E-state index in [0.717, 1.165) is 35.9 Å². The van der Waals surface area contributed by atoms with Gasteiger partial charge in [0.1, 0.15) is 11.7 Å². The highest BCUT2D eigenvalue weighted by atomic mass is 35.5. The number of methoxy groups -OCH3 is 1. The van der Waals surface area contributed by atoms with Crippen molar-refractivity contribution in [3.8, 4) is 0 Å². The van der Waals surface area contributed by atoms with Gasteiger partial charge in [-0.15, -0.1) is 11.3 Å². The summed E-state index contributed by atoms with van der Waals surface area (Å²) in [4.78, 5) is 25.2. The quantitative estimate of drug-likeness (QED) is 0.772. The zero-order valence-corrected chi connectivity index (χ0v) is 16.1. The minimum absolute atomic E-state index is 0.0422. The van der Waals surface area contributed by atoms with E-state index in [1.54, 1.807) is 10.6 Å². The Morgan fingerprint density at radius 2 is 2.08 bits per heavy atom. The molecule has 0 bridgehead atoms. The van der Waals surface area contributed by atoms with E-state index in [4.69, 9.17) is 16.3 Å². The number of ether oxygens (including phenoxy) is 1. The van der Waals surface area contributed by atoms with Crippen LogP contribution in [-0.2, 0) is 9.53 Å². The van der Waals surface area contributed by atoms with Gasteiger partial charge in [-0.2, -0.15) is 0 Å². The number of thiophene rings is 1. The number of carbonyl (C=O) groups is 2. The first-order valence-electron chi connectivity index (χ1n) is 8.74. The molecule has 0 aromatic carbocycles. The monoisotopic (exact) mass is 382 g/mol. The fourth-order valence-electron chi connectivity index (χ4n) is 3.61. The largest absolute Gasteiger partial charge is 0.464 e. The Hall–Kier alpha value is -1.53. The number of carbonyl (C=O) groups excluding carboxylic acids is 2. The van der Waals surface area contributed by atoms with Gasteiger partial charge in [-0.1, -0.05) is 37.8 Å². The minimum Gasteiger partial charge on any atom is -0.464 e. The molecule has 2 aromatic rings. The molecule has 136 valence electrons. The highest BCUT2D eigenvalue weighted by Gasteiger charge is 2.29. The molecule has 1 atom stereocenters. The SMILES string of the molecule is CC[C@H](C(=O)NC1CCCCC1)n1c(C(=O)OC)cc2sc(Cl)cc21. The maximum atomic E-state index is 12.9. The van der Waals surface area contributed by atoms with Crippen LogP contribution in [0.1, 0.15) is 62.0 Å². The lowest BCUT2D eigenvalue weighted by Gasteiger charge is -2.26. The van der Waals surface area contributed by atoms with Crippen molar-refractivity contribution in [2.45, 2.75) is 57.5 Å². The lowest BCUT2D eigenvalue weighted by Crippen LogP contribution is -2.41. The maximum absolute atomic E-state index is 12.9. The molecule has 1 fully saturated rings. The molecule has 0 unspecified atom stereocenters. The third-order valence-corrected chi connectivity index (χ3v) is 6.04. The summed E-state index contributed by atoms with van der Waals surface area (Å²) >= 11 is 7.53. The predicted octanol–water partition coefficient (Wildman–Crippen LogP) is 4.54. The van der Waals surface area contributed by atoms with Gasteiger partial charge in [0.15, 0.2) is 0 Å². The van der Waals surface area contributed by atoms with Gasteiger partial charge in [-0.3, -0.25) is 4.79 Å². The van der Waals surface area contributed by atoms with Gasteiger partial charge >= 0.3 is 5.97 Å². The van der Waals surface area contributed by atoms with Crippen molar-refractivity contribution in [3.05, 3.63) is 22.2 Å². The number of rotatable bonds is 5. The molecule has 1 aliphatic rings. The molecule has 3 rings (SSSR count). The van der Waals surface area contributed by atoms with Gasteiger partial charge in [0.2, 0.25) is 5.91 Å². The van der Waals surface area contributed by atoms with Crippen molar-refractivity contribution in [2.75, 3.05) is 7.11 Å². The second-order valence-corrected chi connectivity index (χ2v) is 8.17. The first-order valence-corrected chi connectivity index (χ1v) is 9.93. The Morgan fingerprint density at radius 3 is 2.72 bits per heavy atom. The van der Waals surface area contributed by atoms with Crippen LogP contribution in [0.2, 0.25) is 4.34 Å². The Balaban J connectivity index is 1.95. The van der Waals surface area contributed by atoms with Crippen LogP contribution in [0.5, 0.6) is 0 Å². The average Bonchev–Trinajstić information content (AvgIpc) is 3.13. The van der Waals surface area contributed by atoms with Gasteiger partial charge in [0.25, 0.3) is 0 Å². The van der Waals surface area contributed by atoms with Crippen molar-refractivity contribution < 1.29 is 14.3 Å². The highest BCUT2D eigenvalue weighted by molar-refractivity contribution is 7.22. The molecule has 5 nitrogen and oxygen atoms in total. The van der Waals surface area contributed by atoms with Gasteiger partial charge in [-0.05, 0) is 31.4 Å². The summed E-state index contributed by atoms with van der Waals surface area (Å²) in [5.41, 5.74) is 1.20. The summed E-state index contributed by atoms with van der Waals surface area (Å²) in [6, 6.07) is 3.34. The summed E-state index contributed by atoms with van der Waals surface area (Å²) in [7, 11) is 1.35. The number of fused-ring (bicyclic) bond motifs is 1. The molecular formula is C18H23ClN2O3S. The van der Waals surface area contributed by atoms with Gasteiger partial charge in [0.05, 0.1) is 21.7 Å². The molecule has 1 aliphatic carbocycles. The number of hydrogen-bond donors (Lipinski definition) is 1. The zero-order valence-electron chi connectivity index (χ0n) is 14.5. The average molecular weight is 383 g/mol. The molecule has 1 saturated carbocycles.